The van der Waals surface area contributed by atoms with Crippen LogP contribution < -0.4 is 10.6 Å². The van der Waals surface area contributed by atoms with Gasteiger partial charge in [0.25, 0.3) is 5.91 Å². The largest absolute Gasteiger partial charge is 0.465 e. The first-order valence-electron chi connectivity index (χ1n) is 8.30. The number of nitrogens with zero attached hydrogens (tertiary/aromatic N) is 2. The van der Waals surface area contributed by atoms with Gasteiger partial charge in [-0.25, -0.2) is 14.8 Å². The Morgan fingerprint density at radius 1 is 1.19 bits per heavy atom. The number of esters is 1. The number of halogens is 1. The van der Waals surface area contributed by atoms with Crippen molar-refractivity contribution in [3.05, 3.63) is 46.9 Å². The van der Waals surface area contributed by atoms with Gasteiger partial charge in [-0.05, 0) is 24.6 Å². The van der Waals surface area contributed by atoms with Gasteiger partial charge in [-0.3, -0.25) is 4.79 Å². The van der Waals surface area contributed by atoms with Gasteiger partial charge in [-0.15, -0.1) is 0 Å². The predicted molar refractivity (Wildman–Crippen MR) is 100.0 cm³/mol. The molecule has 2 aromatic rings. The highest BCUT2D eigenvalue weighted by Crippen LogP contribution is 2.26. The van der Waals surface area contributed by atoms with Crippen molar-refractivity contribution in [1.82, 2.24) is 15.3 Å². The average molecular weight is 377 g/mol. The molecule has 0 aliphatic carbocycles. The van der Waals surface area contributed by atoms with Gasteiger partial charge in [0.1, 0.15) is 17.8 Å². The molecule has 0 spiro atoms. The molecule has 0 radical (unpaired) electrons. The number of benzene rings is 1. The van der Waals surface area contributed by atoms with E-state index in [1.54, 1.807) is 18.2 Å². The lowest BCUT2D eigenvalue weighted by Gasteiger charge is -2.10. The number of methoxy groups -OCH3 is 1. The molecule has 0 fully saturated rings. The molecule has 8 heteroatoms. The number of nitrogens with one attached hydrogen (secondary N) is 2. The van der Waals surface area contributed by atoms with Gasteiger partial charge in [0.05, 0.1) is 23.4 Å². The molecule has 138 valence electrons. The zero-order valence-electron chi connectivity index (χ0n) is 14.7. The first-order chi connectivity index (χ1) is 12.5. The Balaban J connectivity index is 2.11. The van der Waals surface area contributed by atoms with Crippen LogP contribution in [0.4, 0.5) is 11.5 Å². The van der Waals surface area contributed by atoms with Crippen LogP contribution in [0.15, 0.2) is 30.6 Å². The predicted octanol–water partition coefficient (Wildman–Crippen LogP) is 3.58. The van der Waals surface area contributed by atoms with E-state index in [0.717, 1.165) is 19.3 Å². The molecule has 1 heterocycles. The van der Waals surface area contributed by atoms with Crippen molar-refractivity contribution in [2.75, 3.05) is 19.0 Å². The Bertz CT molecular complexity index is 783. The van der Waals surface area contributed by atoms with Crippen molar-refractivity contribution >= 4 is 35.0 Å². The third kappa shape index (κ3) is 5.42. The fourth-order valence-corrected chi connectivity index (χ4v) is 2.39. The van der Waals surface area contributed by atoms with Crippen molar-refractivity contribution in [2.24, 2.45) is 0 Å². The molecule has 0 unspecified atom stereocenters. The monoisotopic (exact) mass is 376 g/mol. The molecule has 1 aromatic heterocycles. The first kappa shape index (κ1) is 19.7. The molecule has 0 aliphatic heterocycles. The zero-order chi connectivity index (χ0) is 18.9. The van der Waals surface area contributed by atoms with E-state index in [1.807, 2.05) is 0 Å². The first-order valence-corrected chi connectivity index (χ1v) is 8.68. The summed E-state index contributed by atoms with van der Waals surface area (Å²) in [4.78, 5) is 31.9. The Morgan fingerprint density at radius 3 is 2.73 bits per heavy atom. The molecule has 0 bridgehead atoms. The van der Waals surface area contributed by atoms with Gasteiger partial charge < -0.3 is 15.4 Å². The lowest BCUT2D eigenvalue weighted by molar-refractivity contribution is 0.0600. The van der Waals surface area contributed by atoms with E-state index in [9.17, 15) is 9.59 Å². The number of hydrogen-bond donors (Lipinski definition) is 2. The number of aromatic nitrogens is 2. The molecule has 1 aromatic carbocycles. The summed E-state index contributed by atoms with van der Waals surface area (Å²) >= 11 is 6.16. The van der Waals surface area contributed by atoms with Crippen LogP contribution >= 0.6 is 11.6 Å². The Labute approximate surface area is 157 Å². The average Bonchev–Trinajstić information content (AvgIpc) is 2.66. The number of ether oxygens (including phenoxy) is 1. The van der Waals surface area contributed by atoms with Crippen LogP contribution in [0.1, 0.15) is 47.0 Å². The second-order valence-electron chi connectivity index (χ2n) is 5.56. The van der Waals surface area contributed by atoms with E-state index in [-0.39, 0.29) is 11.6 Å². The van der Waals surface area contributed by atoms with Gasteiger partial charge >= 0.3 is 5.97 Å². The van der Waals surface area contributed by atoms with Crippen LogP contribution in [0, 0.1) is 0 Å². The second kappa shape index (κ2) is 9.72. The van der Waals surface area contributed by atoms with Crippen molar-refractivity contribution in [3.8, 4) is 0 Å². The third-order valence-electron chi connectivity index (χ3n) is 3.62. The number of rotatable bonds is 8. The Morgan fingerprint density at radius 2 is 2.00 bits per heavy atom. The topological polar surface area (TPSA) is 93.2 Å². The van der Waals surface area contributed by atoms with Crippen LogP contribution in [0.2, 0.25) is 5.02 Å². The zero-order valence-corrected chi connectivity index (χ0v) is 15.5. The van der Waals surface area contributed by atoms with Crippen molar-refractivity contribution in [2.45, 2.75) is 26.2 Å². The Kier molecular flexibility index (Phi) is 7.35. The summed E-state index contributed by atoms with van der Waals surface area (Å²) in [7, 11) is 1.31. The standard InChI is InChI=1S/C18H21ClN4O3/c1-3-4-5-8-20-17(24)15-10-16(22-11-21-15)23-14-9-12(18(25)26-2)6-7-13(14)19/h6-7,9-11H,3-5,8H2,1-2H3,(H,20,24)(H,21,22,23). The number of carbonyl (C=O) groups excluding carboxylic acids is 2. The summed E-state index contributed by atoms with van der Waals surface area (Å²) in [5.41, 5.74) is 1.07. The SMILES string of the molecule is CCCCCNC(=O)c1cc(Nc2cc(C(=O)OC)ccc2Cl)ncn1. The van der Waals surface area contributed by atoms with E-state index in [4.69, 9.17) is 16.3 Å². The molecule has 7 nitrogen and oxygen atoms in total. The fraction of sp³-hybridized carbons (Fsp3) is 0.333. The summed E-state index contributed by atoms with van der Waals surface area (Å²) in [5, 5.41) is 6.22. The minimum absolute atomic E-state index is 0.249. The highest BCUT2D eigenvalue weighted by Gasteiger charge is 2.12. The molecule has 2 N–H and O–H groups in total. The van der Waals surface area contributed by atoms with E-state index in [1.165, 1.54) is 19.5 Å². The van der Waals surface area contributed by atoms with Gasteiger partial charge in [-0.1, -0.05) is 31.4 Å². The van der Waals surface area contributed by atoms with Crippen LogP contribution in [0.3, 0.4) is 0 Å². The number of hydrogen-bond acceptors (Lipinski definition) is 6. The maximum Gasteiger partial charge on any atom is 0.337 e. The number of unbranched alkanes of at least 4 members (excludes halogenated alkanes) is 2. The quantitative estimate of drug-likeness (QED) is 0.540. The van der Waals surface area contributed by atoms with E-state index < -0.39 is 5.97 Å². The van der Waals surface area contributed by atoms with E-state index in [2.05, 4.69) is 27.5 Å². The van der Waals surface area contributed by atoms with Crippen LogP contribution in [0.5, 0.6) is 0 Å². The lowest BCUT2D eigenvalue weighted by atomic mass is 10.2. The maximum absolute atomic E-state index is 12.1. The molecular formula is C18H21ClN4O3. The van der Waals surface area contributed by atoms with Gasteiger partial charge in [0, 0.05) is 12.6 Å². The van der Waals surface area contributed by atoms with Crippen molar-refractivity contribution < 1.29 is 14.3 Å². The lowest BCUT2D eigenvalue weighted by Crippen LogP contribution is -2.25. The van der Waals surface area contributed by atoms with Crippen LogP contribution in [-0.4, -0.2) is 35.5 Å². The smallest absolute Gasteiger partial charge is 0.337 e. The van der Waals surface area contributed by atoms with Crippen LogP contribution in [-0.2, 0) is 4.74 Å². The summed E-state index contributed by atoms with van der Waals surface area (Å²) in [6.07, 6.45) is 4.37. The number of amides is 1. The second-order valence-corrected chi connectivity index (χ2v) is 5.97. The molecule has 0 saturated heterocycles. The van der Waals surface area contributed by atoms with Crippen molar-refractivity contribution in [1.29, 1.82) is 0 Å². The highest BCUT2D eigenvalue weighted by atomic mass is 35.5. The van der Waals surface area contributed by atoms with Crippen molar-refractivity contribution in [3.63, 3.8) is 0 Å². The van der Waals surface area contributed by atoms with Crippen LogP contribution in [0.25, 0.3) is 0 Å². The van der Waals surface area contributed by atoms with E-state index in [0.29, 0.717) is 28.6 Å². The number of anilines is 2. The highest BCUT2D eigenvalue weighted by molar-refractivity contribution is 6.33. The van der Waals surface area contributed by atoms with Gasteiger partial charge in [-0.2, -0.15) is 0 Å². The number of carbonyl (C=O) groups is 2. The molecule has 0 saturated carbocycles. The minimum atomic E-state index is -0.473. The Hall–Kier alpha value is -2.67. The summed E-state index contributed by atoms with van der Waals surface area (Å²) in [6, 6.07) is 6.23. The summed E-state index contributed by atoms with van der Waals surface area (Å²) in [6.45, 7) is 2.71. The van der Waals surface area contributed by atoms with E-state index >= 15 is 0 Å². The fourth-order valence-electron chi connectivity index (χ4n) is 2.22. The molecule has 0 aliphatic rings. The van der Waals surface area contributed by atoms with Gasteiger partial charge in [0.15, 0.2) is 0 Å². The normalized spacial score (nSPS) is 10.3. The third-order valence-corrected chi connectivity index (χ3v) is 3.95. The molecule has 2 rings (SSSR count). The molecule has 1 amide bonds. The molecule has 26 heavy (non-hydrogen) atoms. The molecule has 0 atom stereocenters. The minimum Gasteiger partial charge on any atom is -0.465 e. The van der Waals surface area contributed by atoms with Gasteiger partial charge in [0.2, 0.25) is 0 Å². The summed E-state index contributed by atoms with van der Waals surface area (Å²) < 4.78 is 4.70. The summed E-state index contributed by atoms with van der Waals surface area (Å²) in [5.74, 6) is -0.344. The maximum atomic E-state index is 12.1. The molecular weight excluding hydrogens is 356 g/mol.